The van der Waals surface area contributed by atoms with Crippen molar-refractivity contribution in [1.29, 1.82) is 0 Å². The Bertz CT molecular complexity index is 276. The fourth-order valence-electron chi connectivity index (χ4n) is 1.11. The summed E-state index contributed by atoms with van der Waals surface area (Å²) < 4.78 is 0. The lowest BCUT2D eigenvalue weighted by Crippen LogP contribution is -2.41. The molecule has 15 heavy (non-hydrogen) atoms. The van der Waals surface area contributed by atoms with Gasteiger partial charge in [0, 0.05) is 11.8 Å². The van der Waals surface area contributed by atoms with Crippen LogP contribution in [0.3, 0.4) is 0 Å². The normalized spacial score (nSPS) is 21.3. The molecule has 86 valence electrons. The monoisotopic (exact) mass is 229 g/mol. The van der Waals surface area contributed by atoms with Crippen LogP contribution >= 0.6 is 11.8 Å². The van der Waals surface area contributed by atoms with Crippen molar-refractivity contribution >= 4 is 22.8 Å². The summed E-state index contributed by atoms with van der Waals surface area (Å²) in [5.41, 5.74) is 4.76. The van der Waals surface area contributed by atoms with E-state index in [2.05, 4.69) is 17.2 Å². The lowest BCUT2D eigenvalue weighted by molar-refractivity contribution is -0.125. The lowest BCUT2D eigenvalue weighted by Gasteiger charge is -2.21. The van der Waals surface area contributed by atoms with Crippen LogP contribution in [0.5, 0.6) is 0 Å². The van der Waals surface area contributed by atoms with Crippen molar-refractivity contribution in [2.24, 2.45) is 16.1 Å². The Balaban J connectivity index is 2.36. The Labute approximate surface area is 95.1 Å². The Morgan fingerprint density at radius 3 is 2.87 bits per heavy atom. The molecule has 0 bridgehead atoms. The van der Waals surface area contributed by atoms with E-state index >= 15 is 0 Å². The number of amides is 1. The molecule has 0 radical (unpaired) electrons. The molecule has 0 fully saturated rings. The molecule has 0 aliphatic carbocycles. The van der Waals surface area contributed by atoms with Gasteiger partial charge in [-0.2, -0.15) is 0 Å². The number of aliphatic imine (C=N–C) groups is 1. The fraction of sp³-hybridized carbons (Fsp3) is 0.800. The van der Waals surface area contributed by atoms with E-state index in [1.165, 1.54) is 0 Å². The van der Waals surface area contributed by atoms with Gasteiger partial charge in [-0.05, 0) is 20.3 Å². The largest absolute Gasteiger partial charge is 0.369 e. The van der Waals surface area contributed by atoms with E-state index in [4.69, 9.17) is 5.73 Å². The number of amidine groups is 1. The summed E-state index contributed by atoms with van der Waals surface area (Å²) in [6.07, 6.45) is 1.12. The predicted octanol–water partition coefficient (Wildman–Crippen LogP) is 0.969. The average molecular weight is 229 g/mol. The SMILES string of the molecule is CCC1CN=C(NCC(C)(C)C(N)=O)S1. The Morgan fingerprint density at radius 1 is 1.73 bits per heavy atom. The van der Waals surface area contributed by atoms with Crippen LogP contribution < -0.4 is 11.1 Å². The quantitative estimate of drug-likeness (QED) is 0.755. The minimum Gasteiger partial charge on any atom is -0.369 e. The molecule has 0 saturated carbocycles. The van der Waals surface area contributed by atoms with E-state index < -0.39 is 5.41 Å². The summed E-state index contributed by atoms with van der Waals surface area (Å²) >= 11 is 1.75. The molecule has 1 heterocycles. The molecule has 0 aromatic heterocycles. The van der Waals surface area contributed by atoms with Gasteiger partial charge < -0.3 is 11.1 Å². The van der Waals surface area contributed by atoms with Crippen molar-refractivity contribution in [1.82, 2.24) is 5.32 Å². The molecule has 1 amide bonds. The van der Waals surface area contributed by atoms with Gasteiger partial charge in [0.25, 0.3) is 0 Å². The zero-order valence-electron chi connectivity index (χ0n) is 9.54. The van der Waals surface area contributed by atoms with E-state index in [-0.39, 0.29) is 5.91 Å². The maximum absolute atomic E-state index is 11.1. The highest BCUT2D eigenvalue weighted by Crippen LogP contribution is 2.22. The van der Waals surface area contributed by atoms with Crippen molar-refractivity contribution in [2.45, 2.75) is 32.4 Å². The first-order valence-electron chi connectivity index (χ1n) is 5.20. The van der Waals surface area contributed by atoms with Gasteiger partial charge in [0.2, 0.25) is 5.91 Å². The standard InChI is InChI=1S/C10H19N3OS/c1-4-7-5-12-9(15-7)13-6-10(2,3)8(11)14/h7H,4-6H2,1-3H3,(H2,11,14)(H,12,13). The maximum atomic E-state index is 11.1. The minimum atomic E-state index is -0.520. The Kier molecular flexibility index (Phi) is 4.02. The predicted molar refractivity (Wildman–Crippen MR) is 65.0 cm³/mol. The van der Waals surface area contributed by atoms with Crippen molar-refractivity contribution < 1.29 is 4.79 Å². The van der Waals surface area contributed by atoms with Crippen LogP contribution in [-0.2, 0) is 4.79 Å². The Hall–Kier alpha value is -0.710. The number of thioether (sulfide) groups is 1. The van der Waals surface area contributed by atoms with E-state index in [0.717, 1.165) is 18.1 Å². The van der Waals surface area contributed by atoms with Crippen molar-refractivity contribution in [2.75, 3.05) is 13.1 Å². The van der Waals surface area contributed by atoms with E-state index in [0.29, 0.717) is 11.8 Å². The molecule has 1 unspecified atom stereocenters. The van der Waals surface area contributed by atoms with Crippen molar-refractivity contribution in [3.63, 3.8) is 0 Å². The highest BCUT2D eigenvalue weighted by atomic mass is 32.2. The second-order valence-corrected chi connectivity index (χ2v) is 5.68. The molecule has 3 N–H and O–H groups in total. The summed E-state index contributed by atoms with van der Waals surface area (Å²) in [4.78, 5) is 15.4. The molecule has 0 aromatic rings. The molecular weight excluding hydrogens is 210 g/mol. The van der Waals surface area contributed by atoms with Crippen LogP contribution in [0.2, 0.25) is 0 Å². The number of primary amides is 1. The summed E-state index contributed by atoms with van der Waals surface area (Å²) in [7, 11) is 0. The van der Waals surface area contributed by atoms with Gasteiger partial charge in [-0.3, -0.25) is 9.79 Å². The third kappa shape index (κ3) is 3.41. The zero-order valence-corrected chi connectivity index (χ0v) is 10.4. The number of nitrogens with two attached hydrogens (primary N) is 1. The molecule has 1 aliphatic rings. The number of nitrogens with one attached hydrogen (secondary N) is 1. The second-order valence-electron chi connectivity index (χ2n) is 4.40. The minimum absolute atomic E-state index is 0.286. The number of nitrogens with zero attached hydrogens (tertiary/aromatic N) is 1. The molecule has 1 aliphatic heterocycles. The van der Waals surface area contributed by atoms with Crippen LogP contribution in [0, 0.1) is 5.41 Å². The van der Waals surface area contributed by atoms with Gasteiger partial charge in [0.05, 0.1) is 12.0 Å². The zero-order chi connectivity index (χ0) is 11.5. The van der Waals surface area contributed by atoms with Crippen molar-refractivity contribution in [3.8, 4) is 0 Å². The highest BCUT2D eigenvalue weighted by molar-refractivity contribution is 8.14. The second kappa shape index (κ2) is 4.88. The maximum Gasteiger partial charge on any atom is 0.224 e. The number of carbonyl (C=O) groups is 1. The van der Waals surface area contributed by atoms with Gasteiger partial charge in [-0.1, -0.05) is 18.7 Å². The number of hydrogen-bond donors (Lipinski definition) is 2. The number of carbonyl (C=O) groups excluding carboxylic acids is 1. The molecule has 0 spiro atoms. The molecule has 0 aromatic carbocycles. The highest BCUT2D eigenvalue weighted by Gasteiger charge is 2.26. The summed E-state index contributed by atoms with van der Waals surface area (Å²) in [5.74, 6) is -0.286. The van der Waals surface area contributed by atoms with Gasteiger partial charge in [0.1, 0.15) is 0 Å². The average Bonchev–Trinajstić information content (AvgIpc) is 2.62. The first kappa shape index (κ1) is 12.4. The first-order chi connectivity index (χ1) is 6.95. The third-order valence-corrected chi connectivity index (χ3v) is 3.83. The van der Waals surface area contributed by atoms with Crippen LogP contribution in [0.25, 0.3) is 0 Å². The van der Waals surface area contributed by atoms with Gasteiger partial charge in [-0.15, -0.1) is 0 Å². The van der Waals surface area contributed by atoms with Crippen LogP contribution in [0.15, 0.2) is 4.99 Å². The van der Waals surface area contributed by atoms with Gasteiger partial charge >= 0.3 is 0 Å². The lowest BCUT2D eigenvalue weighted by atomic mass is 9.93. The number of hydrogen-bond acceptors (Lipinski definition) is 4. The summed E-state index contributed by atoms with van der Waals surface area (Å²) in [6.45, 7) is 7.24. The van der Waals surface area contributed by atoms with Gasteiger partial charge in [-0.25, -0.2) is 0 Å². The molecule has 0 saturated heterocycles. The summed E-state index contributed by atoms with van der Waals surface area (Å²) in [5, 5.41) is 4.71. The fourth-order valence-corrected chi connectivity index (χ4v) is 2.05. The topological polar surface area (TPSA) is 67.5 Å². The van der Waals surface area contributed by atoms with E-state index in [1.54, 1.807) is 11.8 Å². The van der Waals surface area contributed by atoms with Crippen LogP contribution in [-0.4, -0.2) is 29.4 Å². The third-order valence-electron chi connectivity index (χ3n) is 2.52. The van der Waals surface area contributed by atoms with E-state index in [1.807, 2.05) is 13.8 Å². The van der Waals surface area contributed by atoms with Crippen LogP contribution in [0.4, 0.5) is 0 Å². The first-order valence-corrected chi connectivity index (χ1v) is 6.08. The Morgan fingerprint density at radius 2 is 2.40 bits per heavy atom. The number of rotatable bonds is 4. The molecule has 1 rings (SSSR count). The van der Waals surface area contributed by atoms with Gasteiger partial charge in [0.15, 0.2) is 5.17 Å². The molecule has 1 atom stereocenters. The van der Waals surface area contributed by atoms with Crippen molar-refractivity contribution in [3.05, 3.63) is 0 Å². The van der Waals surface area contributed by atoms with Crippen LogP contribution in [0.1, 0.15) is 27.2 Å². The van der Waals surface area contributed by atoms with E-state index in [9.17, 15) is 4.79 Å². The molecular formula is C10H19N3OS. The molecule has 4 nitrogen and oxygen atoms in total. The smallest absolute Gasteiger partial charge is 0.224 e. The summed E-state index contributed by atoms with van der Waals surface area (Å²) in [6, 6.07) is 0. The molecule has 5 heteroatoms.